The summed E-state index contributed by atoms with van der Waals surface area (Å²) in [6, 6.07) is 76.8. The maximum Gasteiger partial charge on any atom is 0.145 e. The second kappa shape index (κ2) is 12.4. The zero-order chi connectivity index (χ0) is 49.7. The van der Waals surface area contributed by atoms with Crippen LogP contribution < -0.4 is 0 Å². The lowest BCUT2D eigenvalue weighted by Crippen LogP contribution is -1.85. The molecule has 6 nitrogen and oxygen atoms in total. The number of fused-ring (bicyclic) bond motifs is 34. The fourth-order valence-electron chi connectivity index (χ4n) is 16.0. The molecule has 10 aromatic heterocycles. The first-order valence-electron chi connectivity index (χ1n) is 27.0. The highest BCUT2D eigenvalue weighted by atomic mass is 16.3. The molecule has 0 bridgehead atoms. The van der Waals surface area contributed by atoms with Gasteiger partial charge in [0.25, 0.3) is 0 Å². The Balaban J connectivity index is 0.896. The summed E-state index contributed by atoms with van der Waals surface area (Å²) in [6.07, 6.45) is 0. The highest BCUT2D eigenvalue weighted by Crippen LogP contribution is 2.55. The molecule has 0 radical (unpaired) electrons. The fraction of sp³-hybridized carbons (Fsp3) is 0. The van der Waals surface area contributed by atoms with Crippen LogP contribution in [0.5, 0.6) is 0 Å². The van der Waals surface area contributed by atoms with Crippen LogP contribution in [0.15, 0.2) is 215 Å². The van der Waals surface area contributed by atoms with E-state index in [2.05, 4.69) is 224 Å². The molecule has 6 heteroatoms. The third-order valence-electron chi connectivity index (χ3n) is 18.8. The first-order valence-corrected chi connectivity index (χ1v) is 27.0. The molecular weight excluding hydrogens is 953 g/mol. The van der Waals surface area contributed by atoms with Crippen molar-refractivity contribution >= 4 is 196 Å². The smallest absolute Gasteiger partial charge is 0.145 e. The predicted octanol–water partition coefficient (Wildman–Crippen LogP) is 19.8. The van der Waals surface area contributed by atoms with Crippen molar-refractivity contribution in [1.82, 2.24) is 17.6 Å². The number of hydrogen-bond donors (Lipinski definition) is 0. The number of nitrogens with zero attached hydrogens (tertiary/aromatic N) is 4. The van der Waals surface area contributed by atoms with Crippen LogP contribution in [-0.2, 0) is 0 Å². The zero-order valence-electron chi connectivity index (χ0n) is 41.2. The van der Waals surface area contributed by atoms with Crippen LogP contribution >= 0.6 is 0 Å². The van der Waals surface area contributed by atoms with E-state index >= 15 is 0 Å². The van der Waals surface area contributed by atoms with Gasteiger partial charge in [0.05, 0.1) is 71.6 Å². The molecular formula is C72H34N4O2. The van der Waals surface area contributed by atoms with Gasteiger partial charge in [-0.15, -0.1) is 0 Å². The molecule has 22 aromatic rings. The molecule has 0 unspecified atom stereocenters. The summed E-state index contributed by atoms with van der Waals surface area (Å²) >= 11 is 0. The van der Waals surface area contributed by atoms with Gasteiger partial charge >= 0.3 is 0 Å². The van der Waals surface area contributed by atoms with E-state index in [1.807, 2.05) is 0 Å². The quantitative estimate of drug-likeness (QED) is 0.164. The summed E-state index contributed by atoms with van der Waals surface area (Å²) in [5, 5.41) is 24.7. The van der Waals surface area contributed by atoms with Crippen molar-refractivity contribution in [2.45, 2.75) is 0 Å². The number of para-hydroxylation sites is 6. The fourth-order valence-corrected chi connectivity index (χ4v) is 16.0. The van der Waals surface area contributed by atoms with Crippen LogP contribution in [0.4, 0.5) is 0 Å². The van der Waals surface area contributed by atoms with Gasteiger partial charge in [-0.25, -0.2) is 0 Å². The Kier molecular flexibility index (Phi) is 6.05. The summed E-state index contributed by atoms with van der Waals surface area (Å²) < 4.78 is 24.1. The van der Waals surface area contributed by atoms with Crippen molar-refractivity contribution in [2.75, 3.05) is 0 Å². The summed E-state index contributed by atoms with van der Waals surface area (Å²) in [6.45, 7) is 0. The van der Waals surface area contributed by atoms with Crippen LogP contribution in [0.3, 0.4) is 0 Å². The van der Waals surface area contributed by atoms with E-state index in [-0.39, 0.29) is 0 Å². The third-order valence-corrected chi connectivity index (χ3v) is 18.8. The Morgan fingerprint density at radius 1 is 0.218 bits per heavy atom. The van der Waals surface area contributed by atoms with E-state index < -0.39 is 0 Å². The second-order valence-corrected chi connectivity index (χ2v) is 22.2. The van der Waals surface area contributed by atoms with Crippen LogP contribution in [-0.4, -0.2) is 17.6 Å². The number of furan rings is 2. The number of hydrogen-bond acceptors (Lipinski definition) is 2. The Hall–Kier alpha value is -10.6. The Labute approximate surface area is 437 Å². The lowest BCUT2D eigenvalue weighted by atomic mass is 9.95. The van der Waals surface area contributed by atoms with E-state index in [4.69, 9.17) is 8.83 Å². The normalized spacial score (nSPS) is 13.4. The Morgan fingerprint density at radius 2 is 0.705 bits per heavy atom. The van der Waals surface area contributed by atoms with Gasteiger partial charge < -0.3 is 26.4 Å². The van der Waals surface area contributed by atoms with Crippen molar-refractivity contribution in [2.24, 2.45) is 0 Å². The average Bonchev–Trinajstić information content (AvgIpc) is 3.49. The molecule has 0 aliphatic rings. The third kappa shape index (κ3) is 3.95. The summed E-state index contributed by atoms with van der Waals surface area (Å²) in [5.41, 5.74) is 20.7. The van der Waals surface area contributed by atoms with Crippen LogP contribution in [0.25, 0.3) is 207 Å². The van der Waals surface area contributed by atoms with E-state index in [0.717, 1.165) is 38.5 Å². The summed E-state index contributed by atoms with van der Waals surface area (Å²) in [4.78, 5) is 0. The van der Waals surface area contributed by atoms with Gasteiger partial charge in [-0.3, -0.25) is 0 Å². The first-order chi connectivity index (χ1) is 38.7. The van der Waals surface area contributed by atoms with Gasteiger partial charge in [-0.05, 0) is 83.9 Å². The van der Waals surface area contributed by atoms with E-state index in [1.165, 1.54) is 169 Å². The molecule has 354 valence electrons. The molecule has 0 aliphatic heterocycles. The molecule has 0 aliphatic carbocycles. The first kappa shape index (κ1) is 38.1. The highest BCUT2D eigenvalue weighted by molar-refractivity contribution is 6.45. The number of rotatable bonds is 1. The van der Waals surface area contributed by atoms with E-state index in [1.54, 1.807) is 0 Å². The molecule has 0 saturated carbocycles. The van der Waals surface area contributed by atoms with Crippen molar-refractivity contribution in [3.63, 3.8) is 0 Å². The predicted molar refractivity (Wildman–Crippen MR) is 325 cm³/mol. The van der Waals surface area contributed by atoms with Gasteiger partial charge in [0.1, 0.15) is 22.3 Å². The minimum absolute atomic E-state index is 0.905. The Bertz CT molecular complexity index is 6550. The van der Waals surface area contributed by atoms with Gasteiger partial charge in [0.2, 0.25) is 0 Å². The molecule has 12 aromatic carbocycles. The van der Waals surface area contributed by atoms with Crippen LogP contribution in [0.2, 0.25) is 0 Å². The van der Waals surface area contributed by atoms with Crippen molar-refractivity contribution in [1.29, 1.82) is 0 Å². The maximum absolute atomic E-state index is 6.98. The van der Waals surface area contributed by atoms with Crippen molar-refractivity contribution < 1.29 is 8.83 Å². The topological polar surface area (TPSA) is 43.9 Å². The van der Waals surface area contributed by atoms with Crippen LogP contribution in [0.1, 0.15) is 0 Å². The highest BCUT2D eigenvalue weighted by Gasteiger charge is 2.31. The monoisotopic (exact) mass is 986 g/mol. The number of aromatic nitrogens is 4. The molecule has 78 heavy (non-hydrogen) atoms. The molecule has 10 heterocycles. The second-order valence-electron chi connectivity index (χ2n) is 22.2. The lowest BCUT2D eigenvalue weighted by molar-refractivity contribution is 0.669. The SMILES string of the molecule is c1ccc2c(c1)oc1c2cc2c3ccccc3n3c4cc5c6ccc(-c7cccc8c7c7cc9oc%10ccccc%10c9c9c%10c%11c%12ccccc%12n%12c%13ccccc%13c(cc%10n8c79)c%11%12)cc6n6c7ccccc7c(c4c1c23)c56. The summed E-state index contributed by atoms with van der Waals surface area (Å²) in [5.74, 6) is 0. The average molecular weight is 987 g/mol. The molecule has 0 N–H and O–H groups in total. The van der Waals surface area contributed by atoms with Crippen molar-refractivity contribution in [3.05, 3.63) is 206 Å². The number of benzene rings is 12. The van der Waals surface area contributed by atoms with E-state index in [0.29, 0.717) is 0 Å². The zero-order valence-corrected chi connectivity index (χ0v) is 41.2. The molecule has 22 rings (SSSR count). The molecule has 0 fully saturated rings. The van der Waals surface area contributed by atoms with Crippen molar-refractivity contribution in [3.8, 4) is 11.1 Å². The summed E-state index contributed by atoms with van der Waals surface area (Å²) in [7, 11) is 0. The van der Waals surface area contributed by atoms with Gasteiger partial charge in [0.15, 0.2) is 0 Å². The lowest BCUT2D eigenvalue weighted by Gasteiger charge is -2.08. The maximum atomic E-state index is 6.98. The largest absolute Gasteiger partial charge is 0.456 e. The molecule has 0 saturated heterocycles. The minimum Gasteiger partial charge on any atom is -0.456 e. The standard InChI is InChI=1S/C72H34N4O2/c1-8-22-50-37(14-1)44-31-47-40-16-5-11-26-57(40)78-72(47)67-65-56(75(50)70(44)67)33-46-39-29-28-35(30-54(39)74-52-24-10-4-18-42(52)63(65)69(46)74)36-20-13-25-53-60(36)48-34-59-61(43-19-6-12-27-58(43)77-59)66-64-55(76(53)71(48)66)32-45-38-15-2-7-21-49(38)73-51-23-9-3-17-41(51)62(64)68(45)73/h1-34H. The molecule has 0 amide bonds. The minimum atomic E-state index is 0.905. The van der Waals surface area contributed by atoms with Gasteiger partial charge in [-0.1, -0.05) is 133 Å². The molecule has 0 spiro atoms. The molecule has 0 atom stereocenters. The van der Waals surface area contributed by atoms with E-state index in [9.17, 15) is 0 Å². The Morgan fingerprint density at radius 3 is 1.40 bits per heavy atom. The van der Waals surface area contributed by atoms with Gasteiger partial charge in [-0.2, -0.15) is 0 Å². The van der Waals surface area contributed by atoms with Crippen LogP contribution in [0, 0.1) is 0 Å². The van der Waals surface area contributed by atoms with Gasteiger partial charge in [0, 0.05) is 102 Å².